The maximum Gasteiger partial charge on any atom is 0.232 e. The fourth-order valence-electron chi connectivity index (χ4n) is 1.46. The van der Waals surface area contributed by atoms with Crippen molar-refractivity contribution in [2.45, 2.75) is 0 Å². The fraction of sp³-hybridized carbons (Fsp3) is 0.0833. The number of ether oxygens (including phenoxy) is 1. The van der Waals surface area contributed by atoms with Gasteiger partial charge in [0.05, 0.1) is 18.2 Å². The summed E-state index contributed by atoms with van der Waals surface area (Å²) in [5.74, 6) is 0.278. The summed E-state index contributed by atoms with van der Waals surface area (Å²) >= 11 is 0. The van der Waals surface area contributed by atoms with Gasteiger partial charge in [-0.3, -0.25) is 4.98 Å². The van der Waals surface area contributed by atoms with E-state index in [1.165, 1.54) is 7.11 Å². The maximum atomic E-state index is 8.50. The van der Waals surface area contributed by atoms with Gasteiger partial charge in [0.1, 0.15) is 0 Å². The quantitative estimate of drug-likeness (QED) is 0.412. The Labute approximate surface area is 92.8 Å². The predicted molar refractivity (Wildman–Crippen MR) is 60.9 cm³/mol. The number of para-hydroxylation sites is 1. The van der Waals surface area contributed by atoms with Crippen LogP contribution in [-0.2, 0) is 4.74 Å². The Morgan fingerprint density at radius 1 is 1.44 bits per heavy atom. The minimum Gasteiger partial charge on any atom is -0.480 e. The zero-order valence-electron chi connectivity index (χ0n) is 8.71. The molecule has 0 aliphatic carbocycles. The lowest BCUT2D eigenvalue weighted by Crippen LogP contribution is -2.03. The molecule has 0 radical (unpaired) electrons. The van der Waals surface area contributed by atoms with Crippen molar-refractivity contribution in [2.24, 2.45) is 4.99 Å². The molecule has 2 rings (SSSR count). The van der Waals surface area contributed by atoms with Crippen LogP contribution in [0.3, 0.4) is 0 Å². The number of benzene rings is 1. The Bertz CT molecular complexity index is 584. The molecule has 0 aliphatic rings. The summed E-state index contributed by atoms with van der Waals surface area (Å²) in [6, 6.07) is 9.62. The van der Waals surface area contributed by atoms with E-state index in [-0.39, 0.29) is 5.90 Å². The van der Waals surface area contributed by atoms with E-state index in [0.717, 1.165) is 10.9 Å². The van der Waals surface area contributed by atoms with Crippen LogP contribution in [0.25, 0.3) is 10.9 Å². The Hall–Kier alpha value is -2.41. The van der Waals surface area contributed by atoms with Crippen LogP contribution in [0.4, 0.5) is 0 Å². The van der Waals surface area contributed by atoms with E-state index in [1.807, 2.05) is 30.3 Å². The molecule has 0 saturated carbocycles. The molecule has 16 heavy (non-hydrogen) atoms. The van der Waals surface area contributed by atoms with Crippen molar-refractivity contribution in [1.82, 2.24) is 4.98 Å². The van der Waals surface area contributed by atoms with Gasteiger partial charge in [-0.05, 0) is 12.1 Å². The van der Waals surface area contributed by atoms with Crippen molar-refractivity contribution in [1.29, 1.82) is 5.26 Å². The second-order valence-electron chi connectivity index (χ2n) is 3.14. The molecule has 0 aliphatic heterocycles. The van der Waals surface area contributed by atoms with Gasteiger partial charge in [0.15, 0.2) is 0 Å². The first-order valence-corrected chi connectivity index (χ1v) is 4.71. The molecule has 0 fully saturated rings. The highest BCUT2D eigenvalue weighted by Gasteiger charge is 2.04. The van der Waals surface area contributed by atoms with Gasteiger partial charge < -0.3 is 4.74 Å². The van der Waals surface area contributed by atoms with Crippen molar-refractivity contribution in [3.8, 4) is 6.19 Å². The minimum absolute atomic E-state index is 0.278. The zero-order chi connectivity index (χ0) is 11.4. The molecule has 4 nitrogen and oxygen atoms in total. The molecule has 1 heterocycles. The minimum atomic E-state index is 0.278. The van der Waals surface area contributed by atoms with E-state index in [2.05, 4.69) is 9.98 Å². The highest BCUT2D eigenvalue weighted by molar-refractivity contribution is 5.97. The largest absolute Gasteiger partial charge is 0.480 e. The van der Waals surface area contributed by atoms with E-state index < -0.39 is 0 Å². The number of aliphatic imine (C=N–C) groups is 1. The van der Waals surface area contributed by atoms with Crippen LogP contribution in [0, 0.1) is 11.5 Å². The molecule has 0 saturated heterocycles. The van der Waals surface area contributed by atoms with Gasteiger partial charge in [-0.25, -0.2) is 0 Å². The molecule has 0 N–H and O–H groups in total. The first kappa shape index (κ1) is 10.1. The second-order valence-corrected chi connectivity index (χ2v) is 3.14. The molecule has 0 atom stereocenters. The molecule has 0 unspecified atom stereocenters. The normalized spacial score (nSPS) is 11.1. The summed E-state index contributed by atoms with van der Waals surface area (Å²) in [5.41, 5.74) is 1.60. The summed E-state index contributed by atoms with van der Waals surface area (Å²) in [5, 5.41) is 9.49. The van der Waals surface area contributed by atoms with E-state index in [4.69, 9.17) is 10.00 Å². The molecule has 78 valence electrons. The van der Waals surface area contributed by atoms with Crippen LogP contribution < -0.4 is 0 Å². The first-order chi connectivity index (χ1) is 7.85. The maximum absolute atomic E-state index is 8.50. The van der Waals surface area contributed by atoms with Gasteiger partial charge in [0, 0.05) is 11.6 Å². The number of hydrogen-bond donors (Lipinski definition) is 0. The Balaban J connectivity index is 2.55. The number of aromatic nitrogens is 1. The second kappa shape index (κ2) is 4.41. The average molecular weight is 211 g/mol. The summed E-state index contributed by atoms with van der Waals surface area (Å²) in [6.07, 6.45) is 3.34. The van der Waals surface area contributed by atoms with Crippen LogP contribution in [-0.4, -0.2) is 18.0 Å². The number of nitrogens with zero attached hydrogens (tertiary/aromatic N) is 3. The van der Waals surface area contributed by atoms with Crippen molar-refractivity contribution >= 4 is 16.8 Å². The summed E-state index contributed by atoms with van der Waals surface area (Å²) < 4.78 is 5.01. The number of nitriles is 1. The first-order valence-electron chi connectivity index (χ1n) is 4.71. The molecular formula is C12H9N3O. The third-order valence-electron chi connectivity index (χ3n) is 2.18. The van der Waals surface area contributed by atoms with E-state index in [1.54, 1.807) is 12.4 Å². The molecule has 1 aromatic carbocycles. The van der Waals surface area contributed by atoms with Crippen LogP contribution >= 0.6 is 0 Å². The molecule has 0 bridgehead atoms. The smallest absolute Gasteiger partial charge is 0.232 e. The number of rotatable bonds is 1. The number of pyridine rings is 1. The number of fused-ring (bicyclic) bond motifs is 1. The number of methoxy groups -OCH3 is 1. The lowest BCUT2D eigenvalue weighted by molar-refractivity contribution is 0.405. The van der Waals surface area contributed by atoms with Crippen LogP contribution in [0.15, 0.2) is 41.5 Å². The Morgan fingerprint density at radius 3 is 3.00 bits per heavy atom. The van der Waals surface area contributed by atoms with E-state index in [0.29, 0.717) is 5.56 Å². The van der Waals surface area contributed by atoms with Crippen molar-refractivity contribution in [3.63, 3.8) is 0 Å². The van der Waals surface area contributed by atoms with Crippen LogP contribution in [0.5, 0.6) is 0 Å². The Kier molecular flexibility index (Phi) is 2.79. The van der Waals surface area contributed by atoms with Gasteiger partial charge in [-0.1, -0.05) is 18.2 Å². The SMILES string of the molecule is CO/C(=N\C#N)c1cnc2ccccc2c1. The van der Waals surface area contributed by atoms with Crippen molar-refractivity contribution in [2.75, 3.05) is 7.11 Å². The van der Waals surface area contributed by atoms with Crippen molar-refractivity contribution in [3.05, 3.63) is 42.1 Å². The van der Waals surface area contributed by atoms with E-state index >= 15 is 0 Å². The lowest BCUT2D eigenvalue weighted by atomic mass is 10.1. The van der Waals surface area contributed by atoms with Gasteiger partial charge in [-0.2, -0.15) is 5.26 Å². The van der Waals surface area contributed by atoms with E-state index in [9.17, 15) is 0 Å². The summed E-state index contributed by atoms with van der Waals surface area (Å²) in [7, 11) is 1.48. The average Bonchev–Trinajstić information content (AvgIpc) is 2.35. The van der Waals surface area contributed by atoms with Gasteiger partial charge >= 0.3 is 0 Å². The van der Waals surface area contributed by atoms with Crippen LogP contribution in [0.1, 0.15) is 5.56 Å². The fourth-order valence-corrected chi connectivity index (χ4v) is 1.46. The standard InChI is InChI=1S/C12H9N3O/c1-16-12(15-8-13)10-6-9-4-2-3-5-11(9)14-7-10/h2-7H,1H3/b15-12-. The highest BCUT2D eigenvalue weighted by Crippen LogP contribution is 2.13. The zero-order valence-corrected chi connectivity index (χ0v) is 8.71. The lowest BCUT2D eigenvalue weighted by Gasteiger charge is -2.03. The number of hydrogen-bond acceptors (Lipinski definition) is 4. The van der Waals surface area contributed by atoms with Gasteiger partial charge in [0.2, 0.25) is 12.1 Å². The molecule has 0 amide bonds. The summed E-state index contributed by atoms with van der Waals surface area (Å²) in [6.45, 7) is 0. The summed E-state index contributed by atoms with van der Waals surface area (Å²) in [4.78, 5) is 7.84. The van der Waals surface area contributed by atoms with Crippen molar-refractivity contribution < 1.29 is 4.74 Å². The third kappa shape index (κ3) is 1.84. The topological polar surface area (TPSA) is 58.3 Å². The molecular weight excluding hydrogens is 202 g/mol. The molecule has 0 spiro atoms. The predicted octanol–water partition coefficient (Wildman–Crippen LogP) is 2.11. The van der Waals surface area contributed by atoms with Crippen LogP contribution in [0.2, 0.25) is 0 Å². The molecule has 2 aromatic rings. The Morgan fingerprint density at radius 2 is 2.25 bits per heavy atom. The third-order valence-corrected chi connectivity index (χ3v) is 2.18. The monoisotopic (exact) mass is 211 g/mol. The highest BCUT2D eigenvalue weighted by atomic mass is 16.5. The van der Waals surface area contributed by atoms with Gasteiger partial charge in [0.25, 0.3) is 0 Å². The van der Waals surface area contributed by atoms with Gasteiger partial charge in [-0.15, -0.1) is 4.99 Å². The molecule has 4 heteroatoms. The molecule has 1 aromatic heterocycles.